The molecule has 0 bridgehead atoms. The molecule has 4 nitrogen and oxygen atoms in total. The lowest BCUT2D eigenvalue weighted by molar-refractivity contribution is 0.0944. The van der Waals surface area contributed by atoms with Crippen molar-refractivity contribution in [3.8, 4) is 5.75 Å². The number of nitrogens with one attached hydrogen (secondary N) is 1. The number of fused-ring (bicyclic) bond motifs is 1. The Morgan fingerprint density at radius 3 is 2.62 bits per heavy atom. The maximum atomic E-state index is 12.1. The molecule has 2 N–H and O–H groups in total. The Balaban J connectivity index is 1.71. The molecule has 0 aromatic heterocycles. The van der Waals surface area contributed by atoms with Gasteiger partial charge in [0, 0.05) is 24.9 Å². The van der Waals surface area contributed by atoms with Crippen molar-refractivity contribution < 1.29 is 14.6 Å². The average Bonchev–Trinajstić information content (AvgIpc) is 2.94. The summed E-state index contributed by atoms with van der Waals surface area (Å²) < 4.78 is 6.22. The van der Waals surface area contributed by atoms with E-state index in [-0.39, 0.29) is 24.7 Å². The molecule has 26 heavy (non-hydrogen) atoms. The Bertz CT molecular complexity index is 782. The van der Waals surface area contributed by atoms with Crippen LogP contribution in [0, 0.1) is 0 Å². The number of benzene rings is 2. The Hall–Kier alpha value is -2.33. The minimum Gasteiger partial charge on any atom is -0.487 e. The van der Waals surface area contributed by atoms with Gasteiger partial charge in [-0.1, -0.05) is 38.1 Å². The fourth-order valence-corrected chi connectivity index (χ4v) is 3.49. The van der Waals surface area contributed by atoms with Crippen molar-refractivity contribution >= 4 is 5.91 Å². The second-order valence-corrected chi connectivity index (χ2v) is 7.60. The van der Waals surface area contributed by atoms with Crippen molar-refractivity contribution in [2.45, 2.75) is 45.1 Å². The van der Waals surface area contributed by atoms with Crippen molar-refractivity contribution in [3.05, 3.63) is 64.7 Å². The predicted octanol–water partition coefficient (Wildman–Crippen LogP) is 3.47. The van der Waals surface area contributed by atoms with Crippen LogP contribution in [0.3, 0.4) is 0 Å². The molecular weight excluding hydrogens is 326 g/mol. The van der Waals surface area contributed by atoms with Gasteiger partial charge in [0.15, 0.2) is 0 Å². The average molecular weight is 353 g/mol. The van der Waals surface area contributed by atoms with Crippen LogP contribution in [-0.4, -0.2) is 29.8 Å². The third-order valence-electron chi connectivity index (χ3n) is 4.87. The Labute approximate surface area is 155 Å². The number of amides is 1. The number of ether oxygens (including phenoxy) is 1. The van der Waals surface area contributed by atoms with Crippen LogP contribution in [-0.2, 0) is 12.8 Å². The maximum Gasteiger partial charge on any atom is 0.251 e. The fraction of sp³-hybridized carbons (Fsp3) is 0.409. The molecule has 2 aromatic carbocycles. The summed E-state index contributed by atoms with van der Waals surface area (Å²) in [4.78, 5) is 12.1. The van der Waals surface area contributed by atoms with E-state index >= 15 is 0 Å². The van der Waals surface area contributed by atoms with Gasteiger partial charge in [0.1, 0.15) is 11.4 Å². The molecule has 1 unspecified atom stereocenters. The molecule has 1 aliphatic rings. The number of hydrogen-bond donors (Lipinski definition) is 2. The van der Waals surface area contributed by atoms with Crippen LogP contribution in [0.25, 0.3) is 0 Å². The zero-order valence-electron chi connectivity index (χ0n) is 15.7. The number of aliphatic hydroxyl groups excluding tert-OH is 1. The van der Waals surface area contributed by atoms with Crippen molar-refractivity contribution in [3.63, 3.8) is 0 Å². The van der Waals surface area contributed by atoms with Crippen LogP contribution in [0.5, 0.6) is 5.75 Å². The zero-order chi connectivity index (χ0) is 18.7. The molecule has 3 rings (SSSR count). The first-order valence-electron chi connectivity index (χ1n) is 9.20. The van der Waals surface area contributed by atoms with E-state index in [1.807, 2.05) is 12.1 Å². The highest BCUT2D eigenvalue weighted by molar-refractivity contribution is 5.94. The largest absolute Gasteiger partial charge is 0.487 e. The Kier molecular flexibility index (Phi) is 5.33. The van der Waals surface area contributed by atoms with Crippen molar-refractivity contribution in [1.29, 1.82) is 0 Å². The Morgan fingerprint density at radius 1 is 1.23 bits per heavy atom. The van der Waals surface area contributed by atoms with E-state index in [1.165, 1.54) is 11.1 Å². The number of carbonyl (C=O) groups is 1. The molecule has 1 aliphatic heterocycles. The molecule has 1 atom stereocenters. The maximum absolute atomic E-state index is 12.1. The first-order valence-corrected chi connectivity index (χ1v) is 9.20. The Morgan fingerprint density at radius 2 is 1.96 bits per heavy atom. The summed E-state index contributed by atoms with van der Waals surface area (Å²) in [6, 6.07) is 14.3. The van der Waals surface area contributed by atoms with Gasteiger partial charge in [-0.25, -0.2) is 0 Å². The smallest absolute Gasteiger partial charge is 0.251 e. The highest BCUT2D eigenvalue weighted by Crippen LogP contribution is 2.37. The molecule has 0 saturated heterocycles. The van der Waals surface area contributed by atoms with E-state index in [9.17, 15) is 4.79 Å². The van der Waals surface area contributed by atoms with Crippen LogP contribution in [0.1, 0.15) is 53.7 Å². The van der Waals surface area contributed by atoms with Gasteiger partial charge in [-0.05, 0) is 47.7 Å². The normalized spacial score (nSPS) is 18.5. The van der Waals surface area contributed by atoms with Gasteiger partial charge < -0.3 is 15.2 Å². The van der Waals surface area contributed by atoms with Crippen LogP contribution in [0.4, 0.5) is 0 Å². The first kappa shape index (κ1) is 18.5. The molecule has 0 spiro atoms. The third-order valence-corrected chi connectivity index (χ3v) is 4.87. The highest BCUT2D eigenvalue weighted by atomic mass is 16.5. The van der Waals surface area contributed by atoms with Gasteiger partial charge in [-0.3, -0.25) is 4.79 Å². The SMILES string of the molecule is CC(C)c1ccc(CC2(C)Cc3cc(C(=O)NCCO)ccc3O2)cc1. The quantitative estimate of drug-likeness (QED) is 0.836. The van der Waals surface area contributed by atoms with Crippen molar-refractivity contribution in [2.24, 2.45) is 0 Å². The summed E-state index contributed by atoms with van der Waals surface area (Å²) in [6.45, 7) is 6.71. The lowest BCUT2D eigenvalue weighted by Crippen LogP contribution is -2.32. The topological polar surface area (TPSA) is 58.6 Å². The van der Waals surface area contributed by atoms with Crippen LogP contribution in [0.2, 0.25) is 0 Å². The summed E-state index contributed by atoms with van der Waals surface area (Å²) in [5, 5.41) is 11.5. The standard InChI is InChI=1S/C22H27NO3/c1-15(2)17-6-4-16(5-7-17)13-22(3)14-19-12-18(8-9-20(19)26-22)21(25)23-10-11-24/h4-9,12,15,24H,10-11,13-14H2,1-3H3,(H,23,25). The molecule has 0 saturated carbocycles. The second-order valence-electron chi connectivity index (χ2n) is 7.60. The summed E-state index contributed by atoms with van der Waals surface area (Å²) in [5.74, 6) is 1.21. The zero-order valence-corrected chi connectivity index (χ0v) is 15.7. The lowest BCUT2D eigenvalue weighted by Gasteiger charge is -2.24. The number of rotatable bonds is 6. The van der Waals surface area contributed by atoms with Gasteiger partial charge in [0.05, 0.1) is 6.61 Å². The van der Waals surface area contributed by atoms with Crippen molar-refractivity contribution in [1.82, 2.24) is 5.32 Å². The second kappa shape index (κ2) is 7.50. The third kappa shape index (κ3) is 4.07. The van der Waals surface area contributed by atoms with Crippen molar-refractivity contribution in [2.75, 3.05) is 13.2 Å². The van der Waals surface area contributed by atoms with Gasteiger partial charge in [-0.15, -0.1) is 0 Å². The minimum absolute atomic E-state index is 0.0620. The predicted molar refractivity (Wildman–Crippen MR) is 103 cm³/mol. The molecule has 0 aliphatic carbocycles. The minimum atomic E-state index is -0.304. The molecule has 2 aromatic rings. The van der Waals surface area contributed by atoms with E-state index in [4.69, 9.17) is 9.84 Å². The molecule has 4 heteroatoms. The number of hydrogen-bond acceptors (Lipinski definition) is 3. The molecule has 138 valence electrons. The van der Waals surface area contributed by atoms with E-state index < -0.39 is 0 Å². The first-order chi connectivity index (χ1) is 12.4. The van der Waals surface area contributed by atoms with Crippen LogP contribution in [0.15, 0.2) is 42.5 Å². The van der Waals surface area contributed by atoms with E-state index in [0.29, 0.717) is 11.5 Å². The number of carbonyl (C=O) groups excluding carboxylic acids is 1. The number of aliphatic hydroxyl groups is 1. The van der Waals surface area contributed by atoms with E-state index in [2.05, 4.69) is 50.4 Å². The van der Waals surface area contributed by atoms with E-state index in [0.717, 1.165) is 24.2 Å². The summed E-state index contributed by atoms with van der Waals surface area (Å²) in [6.07, 6.45) is 1.60. The fourth-order valence-electron chi connectivity index (χ4n) is 3.49. The van der Waals surface area contributed by atoms with Gasteiger partial charge >= 0.3 is 0 Å². The van der Waals surface area contributed by atoms with Gasteiger partial charge in [0.2, 0.25) is 0 Å². The monoisotopic (exact) mass is 353 g/mol. The molecule has 0 fully saturated rings. The molecule has 0 radical (unpaired) electrons. The summed E-state index contributed by atoms with van der Waals surface area (Å²) in [5.41, 5.74) is 3.95. The van der Waals surface area contributed by atoms with Gasteiger partial charge in [-0.2, -0.15) is 0 Å². The molecular formula is C22H27NO3. The lowest BCUT2D eigenvalue weighted by atomic mass is 9.90. The van der Waals surface area contributed by atoms with Gasteiger partial charge in [0.25, 0.3) is 5.91 Å². The highest BCUT2D eigenvalue weighted by Gasteiger charge is 2.35. The summed E-state index contributed by atoms with van der Waals surface area (Å²) in [7, 11) is 0. The van der Waals surface area contributed by atoms with E-state index in [1.54, 1.807) is 6.07 Å². The van der Waals surface area contributed by atoms with Crippen LogP contribution < -0.4 is 10.1 Å². The molecule has 1 amide bonds. The summed E-state index contributed by atoms with van der Waals surface area (Å²) >= 11 is 0. The van der Waals surface area contributed by atoms with Crippen LogP contribution >= 0.6 is 0 Å². The molecule has 1 heterocycles.